The number of fused-ring (bicyclic) bond motifs is 2. The second-order valence-electron chi connectivity index (χ2n) is 14.1. The van der Waals surface area contributed by atoms with Crippen LogP contribution in [0.25, 0.3) is 0 Å². The Morgan fingerprint density at radius 2 is 1.29 bits per heavy atom. The fourth-order valence-electron chi connectivity index (χ4n) is 7.64. The van der Waals surface area contributed by atoms with Crippen molar-refractivity contribution in [3.8, 4) is 0 Å². The Kier molecular flexibility index (Phi) is 18.1. The fraction of sp³-hybridized carbons (Fsp3) is 0.378. The number of ether oxygens (including phenoxy) is 1. The molecule has 0 unspecified atom stereocenters. The summed E-state index contributed by atoms with van der Waals surface area (Å²) in [4.78, 5) is 45.2. The van der Waals surface area contributed by atoms with E-state index in [4.69, 9.17) is 14.9 Å². The minimum absolute atomic E-state index is 0.0209. The Bertz CT molecular complexity index is 1630. The number of allylic oxidation sites excluding steroid dienone is 4. The Labute approximate surface area is 326 Å². The molecule has 9 nitrogen and oxygen atoms in total. The normalized spacial score (nSPS) is 19.3. The molecule has 10 heteroatoms. The van der Waals surface area contributed by atoms with Gasteiger partial charge in [0.2, 0.25) is 11.8 Å². The maximum absolute atomic E-state index is 12.1. The maximum atomic E-state index is 12.1. The monoisotopic (exact) mass is 768 g/mol. The molecule has 0 spiro atoms. The minimum atomic E-state index is -2.28. The number of hydrogen-bond acceptors (Lipinski definition) is 5. The number of rotatable bonds is 20. The van der Waals surface area contributed by atoms with Gasteiger partial charge in [-0.05, 0) is 38.0 Å². The van der Waals surface area contributed by atoms with Crippen LogP contribution in [0, 0.1) is 11.8 Å². The van der Waals surface area contributed by atoms with Crippen LogP contribution in [0.1, 0.15) is 64.7 Å². The molecule has 3 aromatic rings. The zero-order valence-electron chi connectivity index (χ0n) is 31.9. The molecule has 294 valence electrons. The second-order valence-corrected chi connectivity index (χ2v) is 18.1. The molecule has 0 aliphatic carbocycles. The molecule has 3 aromatic carbocycles. The summed E-state index contributed by atoms with van der Waals surface area (Å²) in [7, 11) is -2.28. The third-order valence-electron chi connectivity index (χ3n) is 10.4. The molecule has 2 aliphatic rings. The number of unbranched alkanes of at least 4 members (excludes halogenated alkanes) is 2. The van der Waals surface area contributed by atoms with Gasteiger partial charge in [-0.2, -0.15) is 0 Å². The van der Waals surface area contributed by atoms with Crippen molar-refractivity contribution >= 4 is 46.9 Å². The van der Waals surface area contributed by atoms with Crippen LogP contribution < -0.4 is 26.5 Å². The average molecular weight is 769 g/mol. The summed E-state index contributed by atoms with van der Waals surface area (Å²) in [5.74, 6) is -1.34. The molecular weight excluding hydrogens is 711 g/mol. The van der Waals surface area contributed by atoms with Crippen molar-refractivity contribution in [2.75, 3.05) is 19.3 Å². The fourth-order valence-corrected chi connectivity index (χ4v) is 12.2. The number of nitrogens with one attached hydrogen (secondary N) is 2. The standard InChI is InChI=1S/C23H23O2P.C22H34N2O5/c24-23(25)18-10-11-19-26(20-12-4-1-5-13-20,21-14-6-2-7-15-21)22-16-8-3-9-17-22;1-2-3-6-10-20(25)24-15-21(26)23-14-17-16(18-12-13-19(17)29-18)9-7-4-5-8-11-22(27)28/h1-17,26H,18-19H2,(H,24,25);4,7-8,11,16-19H,2-3,5-6,9-10,12-15H2,1H3,(H,23,26)(H,24,25)(H,27,28)/b;7-4-,11-8?/t;16-,17+,18-,19+/m.1/s1. The van der Waals surface area contributed by atoms with E-state index in [1.807, 2.05) is 30.4 Å². The van der Waals surface area contributed by atoms with Gasteiger partial charge in [-0.1, -0.05) is 38.0 Å². The molecule has 2 bridgehead atoms. The van der Waals surface area contributed by atoms with E-state index in [1.54, 1.807) is 12.2 Å². The molecule has 0 radical (unpaired) electrons. The summed E-state index contributed by atoms with van der Waals surface area (Å²) in [6, 6.07) is 31.9. The number of aliphatic carboxylic acids is 2. The third kappa shape index (κ3) is 13.4. The summed E-state index contributed by atoms with van der Waals surface area (Å²) in [5.41, 5.74) is 0. The SMILES string of the molecule is CCCCCC(=O)NCC(=O)NC[C@H]1[C@@H](C/C=C\CC=CC(=O)O)[C@H]2CC[C@@H]1O2.O=C(O)CC=CC[PH](c1ccccc1)(c1ccccc1)c1ccccc1. The van der Waals surface area contributed by atoms with E-state index in [9.17, 15) is 19.2 Å². The summed E-state index contributed by atoms with van der Waals surface area (Å²) in [6.45, 7) is 2.67. The van der Waals surface area contributed by atoms with Gasteiger partial charge in [-0.3, -0.25) is 9.59 Å². The van der Waals surface area contributed by atoms with Gasteiger partial charge < -0.3 is 20.5 Å². The van der Waals surface area contributed by atoms with Gasteiger partial charge in [0, 0.05) is 25.0 Å². The molecule has 5 rings (SSSR count). The third-order valence-corrected chi connectivity index (χ3v) is 15.2. The molecule has 4 N–H and O–H groups in total. The number of benzene rings is 3. The van der Waals surface area contributed by atoms with Crippen LogP contribution in [-0.2, 0) is 23.9 Å². The first-order valence-corrected chi connectivity index (χ1v) is 21.7. The number of amides is 2. The Morgan fingerprint density at radius 3 is 1.84 bits per heavy atom. The zero-order chi connectivity index (χ0) is 39.3. The van der Waals surface area contributed by atoms with Crippen molar-refractivity contribution < 1.29 is 34.1 Å². The topological polar surface area (TPSA) is 142 Å². The number of carbonyl (C=O) groups is 4. The van der Waals surface area contributed by atoms with E-state index in [2.05, 4.69) is 96.4 Å². The predicted octanol–water partition coefficient (Wildman–Crippen LogP) is 6.31. The Morgan fingerprint density at radius 1 is 0.709 bits per heavy atom. The summed E-state index contributed by atoms with van der Waals surface area (Å²) in [6.07, 6.45) is 18.9. The molecule has 2 aliphatic heterocycles. The quantitative estimate of drug-likeness (QED) is 0.0457. The predicted molar refractivity (Wildman–Crippen MR) is 223 cm³/mol. The average Bonchev–Trinajstić information content (AvgIpc) is 3.81. The molecule has 0 aromatic heterocycles. The van der Waals surface area contributed by atoms with Gasteiger partial charge >= 0.3 is 161 Å². The number of carboxylic acids is 2. The van der Waals surface area contributed by atoms with Crippen LogP contribution in [0.15, 0.2) is 127 Å². The van der Waals surface area contributed by atoms with Gasteiger partial charge in [-0.25, -0.2) is 4.79 Å². The second kappa shape index (κ2) is 23.2. The van der Waals surface area contributed by atoms with Crippen molar-refractivity contribution in [3.63, 3.8) is 0 Å². The van der Waals surface area contributed by atoms with Crippen molar-refractivity contribution in [2.45, 2.75) is 76.9 Å². The van der Waals surface area contributed by atoms with Gasteiger partial charge in [-0.15, -0.1) is 0 Å². The molecule has 4 atom stereocenters. The summed E-state index contributed by atoms with van der Waals surface area (Å²) >= 11 is 0. The Balaban J connectivity index is 0.000000246. The van der Waals surface area contributed by atoms with Crippen LogP contribution in [0.2, 0.25) is 0 Å². The molecule has 2 heterocycles. The molecule has 2 saturated heterocycles. The van der Waals surface area contributed by atoms with Crippen molar-refractivity contribution in [2.24, 2.45) is 11.8 Å². The van der Waals surface area contributed by atoms with Crippen LogP contribution in [0.4, 0.5) is 0 Å². The molecule has 2 amide bonds. The van der Waals surface area contributed by atoms with Crippen molar-refractivity contribution in [1.82, 2.24) is 10.6 Å². The molecule has 0 saturated carbocycles. The summed E-state index contributed by atoms with van der Waals surface area (Å²) in [5, 5.41) is 27.2. The van der Waals surface area contributed by atoms with Crippen LogP contribution in [0.3, 0.4) is 0 Å². The van der Waals surface area contributed by atoms with Gasteiger partial charge in [0.15, 0.2) is 0 Å². The van der Waals surface area contributed by atoms with E-state index in [0.29, 0.717) is 25.3 Å². The van der Waals surface area contributed by atoms with Gasteiger partial charge in [0.25, 0.3) is 0 Å². The van der Waals surface area contributed by atoms with E-state index in [-0.39, 0.29) is 42.9 Å². The van der Waals surface area contributed by atoms with E-state index in [0.717, 1.165) is 50.8 Å². The summed E-state index contributed by atoms with van der Waals surface area (Å²) < 4.78 is 6.05. The molecular formula is C45H57N2O7P. The van der Waals surface area contributed by atoms with E-state index < -0.39 is 19.2 Å². The van der Waals surface area contributed by atoms with Gasteiger partial charge in [0.1, 0.15) is 0 Å². The first kappa shape index (κ1) is 42.9. The van der Waals surface area contributed by atoms with Crippen molar-refractivity contribution in [3.05, 3.63) is 127 Å². The van der Waals surface area contributed by atoms with Crippen molar-refractivity contribution in [1.29, 1.82) is 0 Å². The zero-order valence-corrected chi connectivity index (χ0v) is 32.9. The number of carboxylic acid groups (broad SMARTS) is 2. The Hall–Kier alpha value is -4.85. The number of carbonyl (C=O) groups excluding carboxylic acids is 2. The van der Waals surface area contributed by atoms with Crippen LogP contribution in [0.5, 0.6) is 0 Å². The van der Waals surface area contributed by atoms with Gasteiger partial charge in [0.05, 0.1) is 18.8 Å². The van der Waals surface area contributed by atoms with E-state index >= 15 is 0 Å². The van der Waals surface area contributed by atoms with Crippen LogP contribution in [-0.4, -0.2) is 65.4 Å². The van der Waals surface area contributed by atoms with Crippen LogP contribution >= 0.6 is 7.26 Å². The first-order valence-electron chi connectivity index (χ1n) is 19.5. The molecule has 55 heavy (non-hydrogen) atoms. The number of hydrogen-bond donors (Lipinski definition) is 4. The molecule has 2 fully saturated rings. The first-order chi connectivity index (χ1) is 26.7. The van der Waals surface area contributed by atoms with E-state index in [1.165, 1.54) is 15.9 Å².